The molecule has 0 aliphatic carbocycles. The molecule has 0 aliphatic rings. The Balaban J connectivity index is 3.07. The maximum absolute atomic E-state index is 11.9. The number of aromatic nitrogens is 1. The number of carbonyl (C=O) groups is 2. The number of amides is 1. The highest BCUT2D eigenvalue weighted by atomic mass is 35.5. The molecular weight excluding hydrogens is 256 g/mol. The molecule has 1 amide bonds. The van der Waals surface area contributed by atoms with Gasteiger partial charge in [-0.05, 0) is 26.8 Å². The van der Waals surface area contributed by atoms with Gasteiger partial charge in [-0.2, -0.15) is 0 Å². The number of rotatable bonds is 2. The number of nitrogens with zero attached hydrogens (tertiary/aromatic N) is 2. The zero-order valence-electron chi connectivity index (χ0n) is 10.7. The fourth-order valence-electron chi connectivity index (χ4n) is 1.29. The lowest BCUT2D eigenvalue weighted by Crippen LogP contribution is -2.34. The van der Waals surface area contributed by atoms with Crippen molar-refractivity contribution < 1.29 is 14.3 Å². The molecule has 0 unspecified atom stereocenters. The summed E-state index contributed by atoms with van der Waals surface area (Å²) in [5, 5.41) is 0.0768. The predicted octanol–water partition coefficient (Wildman–Crippen LogP) is 2.92. The van der Waals surface area contributed by atoms with Crippen molar-refractivity contribution in [3.8, 4) is 0 Å². The number of halogens is 1. The second-order valence-corrected chi connectivity index (χ2v) is 5.05. The van der Waals surface area contributed by atoms with Crippen molar-refractivity contribution in [3.05, 3.63) is 23.0 Å². The molecule has 0 saturated heterocycles. The first-order chi connectivity index (χ1) is 8.26. The quantitative estimate of drug-likeness (QED) is 0.612. The molecule has 1 aromatic rings. The van der Waals surface area contributed by atoms with Crippen molar-refractivity contribution >= 4 is 29.7 Å². The van der Waals surface area contributed by atoms with Crippen LogP contribution in [0.25, 0.3) is 0 Å². The summed E-state index contributed by atoms with van der Waals surface area (Å²) in [6, 6.07) is 1.48. The second-order valence-electron chi connectivity index (χ2n) is 4.70. The van der Waals surface area contributed by atoms with Crippen LogP contribution in [0.15, 0.2) is 12.3 Å². The number of anilines is 1. The molecule has 1 heterocycles. The van der Waals surface area contributed by atoms with Crippen LogP contribution in [0.2, 0.25) is 5.15 Å². The molecule has 1 aromatic heterocycles. The van der Waals surface area contributed by atoms with Gasteiger partial charge in [-0.3, -0.25) is 9.69 Å². The van der Waals surface area contributed by atoms with Gasteiger partial charge in [-0.1, -0.05) is 11.6 Å². The van der Waals surface area contributed by atoms with Crippen molar-refractivity contribution in [3.63, 3.8) is 0 Å². The predicted molar refractivity (Wildman–Crippen MR) is 69.3 cm³/mol. The first kappa shape index (κ1) is 14.4. The Morgan fingerprint density at radius 1 is 1.50 bits per heavy atom. The second kappa shape index (κ2) is 5.35. The number of aldehydes is 1. The number of hydrogen-bond donors (Lipinski definition) is 0. The number of carbonyl (C=O) groups excluding carboxylic acids is 2. The van der Waals surface area contributed by atoms with E-state index in [1.807, 2.05) is 0 Å². The fraction of sp³-hybridized carbons (Fsp3) is 0.417. The number of ether oxygens (including phenoxy) is 1. The highest BCUT2D eigenvalue weighted by Crippen LogP contribution is 2.27. The average molecular weight is 271 g/mol. The maximum Gasteiger partial charge on any atom is 0.414 e. The van der Waals surface area contributed by atoms with Gasteiger partial charge in [0.2, 0.25) is 0 Å². The highest BCUT2D eigenvalue weighted by Gasteiger charge is 2.24. The summed E-state index contributed by atoms with van der Waals surface area (Å²) in [6.45, 7) is 5.26. The van der Waals surface area contributed by atoms with Crippen molar-refractivity contribution in [1.82, 2.24) is 4.98 Å². The van der Waals surface area contributed by atoms with Crippen LogP contribution in [0.5, 0.6) is 0 Å². The monoisotopic (exact) mass is 270 g/mol. The molecule has 6 heteroatoms. The maximum atomic E-state index is 11.9. The molecule has 0 bridgehead atoms. The molecule has 18 heavy (non-hydrogen) atoms. The summed E-state index contributed by atoms with van der Waals surface area (Å²) in [5.74, 6) is 0. The van der Waals surface area contributed by atoms with Gasteiger partial charge in [-0.25, -0.2) is 9.78 Å². The van der Waals surface area contributed by atoms with E-state index in [0.717, 1.165) is 0 Å². The third-order valence-corrected chi connectivity index (χ3v) is 2.32. The zero-order chi connectivity index (χ0) is 13.9. The Morgan fingerprint density at radius 3 is 2.61 bits per heavy atom. The average Bonchev–Trinajstić information content (AvgIpc) is 2.25. The Kier molecular flexibility index (Phi) is 4.29. The molecule has 0 spiro atoms. The Labute approximate surface area is 111 Å². The van der Waals surface area contributed by atoms with Gasteiger partial charge in [0.25, 0.3) is 0 Å². The summed E-state index contributed by atoms with van der Waals surface area (Å²) in [4.78, 5) is 27.8. The lowest BCUT2D eigenvalue weighted by Gasteiger charge is -2.25. The largest absolute Gasteiger partial charge is 0.443 e. The van der Waals surface area contributed by atoms with E-state index in [2.05, 4.69) is 4.98 Å². The zero-order valence-corrected chi connectivity index (χ0v) is 11.5. The van der Waals surface area contributed by atoms with Crippen LogP contribution < -0.4 is 4.90 Å². The van der Waals surface area contributed by atoms with Crippen LogP contribution in [0, 0.1) is 0 Å². The van der Waals surface area contributed by atoms with E-state index in [1.54, 1.807) is 20.8 Å². The number of hydrogen-bond acceptors (Lipinski definition) is 4. The highest BCUT2D eigenvalue weighted by molar-refractivity contribution is 6.33. The van der Waals surface area contributed by atoms with E-state index in [9.17, 15) is 9.59 Å². The molecule has 0 aliphatic heterocycles. The van der Waals surface area contributed by atoms with E-state index in [4.69, 9.17) is 16.3 Å². The Bertz CT molecular complexity index is 469. The van der Waals surface area contributed by atoms with Gasteiger partial charge < -0.3 is 4.74 Å². The van der Waals surface area contributed by atoms with E-state index in [1.165, 1.54) is 24.2 Å². The van der Waals surface area contributed by atoms with Gasteiger partial charge in [0, 0.05) is 18.8 Å². The van der Waals surface area contributed by atoms with E-state index in [-0.39, 0.29) is 16.4 Å². The molecular formula is C12H15ClN2O3. The molecule has 0 aromatic carbocycles. The molecule has 0 N–H and O–H groups in total. The molecule has 0 radical (unpaired) electrons. The molecule has 98 valence electrons. The third-order valence-electron chi connectivity index (χ3n) is 2.04. The number of pyridine rings is 1. The Morgan fingerprint density at radius 2 is 2.11 bits per heavy atom. The minimum absolute atomic E-state index is 0.0768. The minimum Gasteiger partial charge on any atom is -0.443 e. The lowest BCUT2D eigenvalue weighted by atomic mass is 10.2. The van der Waals surface area contributed by atoms with Crippen molar-refractivity contribution in [2.45, 2.75) is 26.4 Å². The summed E-state index contributed by atoms with van der Waals surface area (Å²) in [7, 11) is 1.48. The van der Waals surface area contributed by atoms with Crippen LogP contribution in [0.1, 0.15) is 31.1 Å². The van der Waals surface area contributed by atoms with Crippen molar-refractivity contribution in [2.24, 2.45) is 0 Å². The molecule has 0 atom stereocenters. The lowest BCUT2D eigenvalue weighted by molar-refractivity contribution is 0.0589. The summed E-state index contributed by atoms with van der Waals surface area (Å²) in [5.41, 5.74) is -0.103. The van der Waals surface area contributed by atoms with Crippen LogP contribution in [0.3, 0.4) is 0 Å². The molecule has 0 fully saturated rings. The summed E-state index contributed by atoms with van der Waals surface area (Å²) in [6.07, 6.45) is 1.42. The standard InChI is InChI=1S/C12H15ClN2O3/c1-12(2,3)18-11(17)15(4)9-8(7-16)5-6-14-10(9)13/h5-7H,1-4H3. The van der Waals surface area contributed by atoms with E-state index in [0.29, 0.717) is 6.29 Å². The van der Waals surface area contributed by atoms with Crippen LogP contribution in [-0.4, -0.2) is 30.0 Å². The van der Waals surface area contributed by atoms with Crippen molar-refractivity contribution in [1.29, 1.82) is 0 Å². The minimum atomic E-state index is -0.624. The van der Waals surface area contributed by atoms with Gasteiger partial charge in [0.05, 0.1) is 5.69 Å². The van der Waals surface area contributed by atoms with Crippen molar-refractivity contribution in [2.75, 3.05) is 11.9 Å². The smallest absolute Gasteiger partial charge is 0.414 e. The summed E-state index contributed by atoms with van der Waals surface area (Å²) < 4.78 is 5.19. The van der Waals surface area contributed by atoms with Crippen LogP contribution >= 0.6 is 11.6 Å². The van der Waals surface area contributed by atoms with Crippen LogP contribution in [0.4, 0.5) is 10.5 Å². The van der Waals surface area contributed by atoms with Gasteiger partial charge in [0.1, 0.15) is 5.60 Å². The molecule has 1 rings (SSSR count). The van der Waals surface area contributed by atoms with Gasteiger partial charge >= 0.3 is 6.09 Å². The van der Waals surface area contributed by atoms with Gasteiger partial charge in [-0.15, -0.1) is 0 Å². The first-order valence-corrected chi connectivity index (χ1v) is 5.70. The third kappa shape index (κ3) is 3.43. The van der Waals surface area contributed by atoms with E-state index < -0.39 is 11.7 Å². The Hall–Kier alpha value is -1.62. The molecule has 5 nitrogen and oxygen atoms in total. The van der Waals surface area contributed by atoms with Crippen LogP contribution in [-0.2, 0) is 4.74 Å². The van der Waals surface area contributed by atoms with Gasteiger partial charge in [0.15, 0.2) is 11.4 Å². The van der Waals surface area contributed by atoms with E-state index >= 15 is 0 Å². The summed E-state index contributed by atoms with van der Waals surface area (Å²) >= 11 is 5.90. The normalized spacial score (nSPS) is 10.9. The first-order valence-electron chi connectivity index (χ1n) is 5.32. The topological polar surface area (TPSA) is 59.5 Å². The SMILES string of the molecule is CN(C(=O)OC(C)(C)C)c1c(C=O)ccnc1Cl. The fourth-order valence-corrected chi connectivity index (χ4v) is 1.58. The molecule has 0 saturated carbocycles.